The Morgan fingerprint density at radius 3 is 2.75 bits per heavy atom. The fourth-order valence-electron chi connectivity index (χ4n) is 3.23. The van der Waals surface area contributed by atoms with Crippen LogP contribution in [0.25, 0.3) is 16.8 Å². The zero-order chi connectivity index (χ0) is 22.8. The molecule has 0 spiro atoms. The maximum absolute atomic E-state index is 13.8. The molecule has 1 aromatic carbocycles. The van der Waals surface area contributed by atoms with Crippen molar-refractivity contribution in [2.45, 2.75) is 26.3 Å². The number of hydrogen-bond donors (Lipinski definition) is 1. The van der Waals surface area contributed by atoms with E-state index >= 15 is 0 Å². The van der Waals surface area contributed by atoms with Gasteiger partial charge in [-0.3, -0.25) is 4.79 Å². The first-order valence-corrected chi connectivity index (χ1v) is 9.69. The van der Waals surface area contributed by atoms with Gasteiger partial charge >= 0.3 is 0 Å². The molecule has 4 aromatic rings. The van der Waals surface area contributed by atoms with Gasteiger partial charge in [0, 0.05) is 36.0 Å². The van der Waals surface area contributed by atoms with E-state index < -0.39 is 24.9 Å². The second-order valence-corrected chi connectivity index (χ2v) is 7.08. The van der Waals surface area contributed by atoms with Crippen molar-refractivity contribution in [3.8, 4) is 16.9 Å². The van der Waals surface area contributed by atoms with Gasteiger partial charge in [-0.1, -0.05) is 0 Å². The smallest absolute Gasteiger partial charge is 0.272 e. The van der Waals surface area contributed by atoms with E-state index in [1.54, 1.807) is 42.3 Å². The van der Waals surface area contributed by atoms with Crippen molar-refractivity contribution < 1.29 is 22.7 Å². The third kappa shape index (κ3) is 4.41. The largest absolute Gasteiger partial charge is 0.487 e. The molecule has 8 nitrogen and oxygen atoms in total. The van der Waals surface area contributed by atoms with Crippen LogP contribution in [0.2, 0.25) is 0 Å². The molecule has 0 aliphatic rings. The van der Waals surface area contributed by atoms with Gasteiger partial charge in [-0.25, -0.2) is 27.4 Å². The summed E-state index contributed by atoms with van der Waals surface area (Å²) in [6.45, 7) is 2.35. The summed E-state index contributed by atoms with van der Waals surface area (Å²) in [6.07, 6.45) is 3.79. The number of anilines is 1. The Morgan fingerprint density at radius 2 is 2.03 bits per heavy atom. The number of aromatic nitrogens is 5. The average molecular weight is 444 g/mol. The number of hydrogen-bond acceptors (Lipinski definition) is 6. The fourth-order valence-corrected chi connectivity index (χ4v) is 3.23. The molecule has 4 rings (SSSR count). The molecule has 32 heavy (non-hydrogen) atoms. The molecule has 0 radical (unpaired) electrons. The van der Waals surface area contributed by atoms with E-state index in [2.05, 4.69) is 20.5 Å². The minimum atomic E-state index is -2.65. The Hall–Kier alpha value is -3.89. The number of ether oxygens (including phenoxy) is 1. The van der Waals surface area contributed by atoms with Crippen LogP contribution in [0.4, 0.5) is 19.0 Å². The molecule has 0 amide bonds. The molecule has 0 saturated heterocycles. The molecule has 0 saturated carbocycles. The normalized spacial score (nSPS) is 12.3. The summed E-state index contributed by atoms with van der Waals surface area (Å²) in [5.74, 6) is -0.122. The summed E-state index contributed by atoms with van der Waals surface area (Å²) in [5, 5.41) is 11.4. The van der Waals surface area contributed by atoms with Crippen LogP contribution in [0, 0.1) is 5.82 Å². The van der Waals surface area contributed by atoms with Crippen molar-refractivity contribution in [1.29, 1.82) is 0 Å². The molecule has 0 fully saturated rings. The molecule has 3 heterocycles. The lowest BCUT2D eigenvalue weighted by Gasteiger charge is -2.19. The van der Waals surface area contributed by atoms with Crippen molar-refractivity contribution in [2.24, 2.45) is 0 Å². The molecule has 0 aliphatic carbocycles. The molecular formula is C21H19F3N6O2. The number of alkyl halides is 2. The monoisotopic (exact) mass is 444 g/mol. The van der Waals surface area contributed by atoms with E-state index in [4.69, 9.17) is 4.74 Å². The lowest BCUT2D eigenvalue weighted by molar-refractivity contribution is 0.0812. The van der Waals surface area contributed by atoms with Gasteiger partial charge in [-0.15, -0.1) is 0 Å². The summed E-state index contributed by atoms with van der Waals surface area (Å²) >= 11 is 0. The molecule has 11 heteroatoms. The predicted molar refractivity (Wildman–Crippen MR) is 110 cm³/mol. The maximum atomic E-state index is 13.8. The van der Waals surface area contributed by atoms with Crippen LogP contribution in [0.3, 0.4) is 0 Å². The highest BCUT2D eigenvalue weighted by Gasteiger charge is 2.17. The third-order valence-electron chi connectivity index (χ3n) is 4.75. The summed E-state index contributed by atoms with van der Waals surface area (Å²) in [5.41, 5.74) is 2.23. The lowest BCUT2D eigenvalue weighted by atomic mass is 10.1. The van der Waals surface area contributed by atoms with Crippen molar-refractivity contribution in [3.05, 3.63) is 60.4 Å². The second-order valence-electron chi connectivity index (χ2n) is 7.08. The van der Waals surface area contributed by atoms with Crippen LogP contribution in [0.5, 0.6) is 5.75 Å². The summed E-state index contributed by atoms with van der Waals surface area (Å²) in [7, 11) is 0. The number of halogens is 3. The van der Waals surface area contributed by atoms with Gasteiger partial charge in [0.1, 0.15) is 24.0 Å². The van der Waals surface area contributed by atoms with Crippen molar-refractivity contribution in [1.82, 2.24) is 24.4 Å². The molecular weight excluding hydrogens is 425 g/mol. The van der Waals surface area contributed by atoms with E-state index in [0.717, 1.165) is 6.07 Å². The zero-order valence-corrected chi connectivity index (χ0v) is 17.2. The third-order valence-corrected chi connectivity index (χ3v) is 4.75. The molecule has 166 valence electrons. The number of carbonyl (C=O) groups excluding carboxylic acids is 1. The number of nitrogens with zero attached hydrogens (tertiary/aromatic N) is 5. The molecule has 0 unspecified atom stereocenters. The highest BCUT2D eigenvalue weighted by molar-refractivity contribution is 5.80. The number of carbonyl (C=O) groups is 1. The maximum Gasteiger partial charge on any atom is 0.272 e. The van der Waals surface area contributed by atoms with Gasteiger partial charge in [0.2, 0.25) is 5.91 Å². The molecule has 3 aromatic heterocycles. The summed E-state index contributed by atoms with van der Waals surface area (Å²) in [6, 6.07) is 4.89. The van der Waals surface area contributed by atoms with Crippen LogP contribution in [0.15, 0.2) is 49.1 Å². The van der Waals surface area contributed by atoms with Gasteiger partial charge in [0.05, 0.1) is 18.4 Å². The number of rotatable bonds is 7. The Labute approximate surface area is 180 Å². The number of benzene rings is 1. The highest BCUT2D eigenvalue weighted by Crippen LogP contribution is 2.30. The van der Waals surface area contributed by atoms with E-state index in [-0.39, 0.29) is 11.7 Å². The van der Waals surface area contributed by atoms with E-state index in [1.807, 2.05) is 0 Å². The van der Waals surface area contributed by atoms with E-state index in [0.29, 0.717) is 28.2 Å². The van der Waals surface area contributed by atoms with Crippen molar-refractivity contribution in [3.63, 3.8) is 0 Å². The highest BCUT2D eigenvalue weighted by atomic mass is 19.3. The topological polar surface area (TPSA) is 86.3 Å². The number of fused-ring (bicyclic) bond motifs is 1. The first-order valence-electron chi connectivity index (χ1n) is 9.69. The Bertz CT molecular complexity index is 1270. The molecule has 0 aliphatic heterocycles. The number of nitrogens with one attached hydrogen (secondary N) is 1. The summed E-state index contributed by atoms with van der Waals surface area (Å²) in [4.78, 5) is 16.1. The van der Waals surface area contributed by atoms with E-state index in [1.165, 1.54) is 23.7 Å². The predicted octanol–water partition coefficient (Wildman–Crippen LogP) is 4.21. The van der Waals surface area contributed by atoms with Crippen LogP contribution < -0.4 is 10.1 Å². The first-order chi connectivity index (χ1) is 15.3. The SMILES string of the molecule is CC(=O)n1cc(-c2cnn3ccc(N[C@H](C)c4cc(F)ccc4OCC(F)F)nc23)cn1. The van der Waals surface area contributed by atoms with Crippen LogP contribution in [-0.4, -0.2) is 43.3 Å². The molecule has 1 N–H and O–H groups in total. The van der Waals surface area contributed by atoms with Crippen LogP contribution in [-0.2, 0) is 0 Å². The molecule has 0 bridgehead atoms. The van der Waals surface area contributed by atoms with E-state index in [9.17, 15) is 18.0 Å². The second kappa shape index (κ2) is 8.69. The minimum absolute atomic E-state index is 0.162. The first kappa shape index (κ1) is 21.3. The standard InChI is InChI=1S/C21H19F3N6O2/c1-12(16-7-15(22)3-4-18(16)32-11-19(23)24)27-20-5-6-29-21(28-20)17(9-26-29)14-8-25-30(10-14)13(2)31/h3-10,12,19H,11H2,1-2H3,(H,27,28)/t12-/m1/s1. The van der Waals surface area contributed by atoms with Gasteiger partial charge in [-0.2, -0.15) is 10.2 Å². The Morgan fingerprint density at radius 1 is 1.22 bits per heavy atom. The van der Waals surface area contributed by atoms with Crippen LogP contribution >= 0.6 is 0 Å². The lowest BCUT2D eigenvalue weighted by Crippen LogP contribution is -2.13. The van der Waals surface area contributed by atoms with Gasteiger partial charge in [0.15, 0.2) is 5.65 Å². The molecule has 1 atom stereocenters. The van der Waals surface area contributed by atoms with Gasteiger partial charge < -0.3 is 10.1 Å². The van der Waals surface area contributed by atoms with Crippen LogP contribution in [0.1, 0.15) is 30.2 Å². The van der Waals surface area contributed by atoms with Gasteiger partial charge in [0.25, 0.3) is 6.43 Å². The summed E-state index contributed by atoms with van der Waals surface area (Å²) < 4.78 is 46.9. The fraction of sp³-hybridized carbons (Fsp3) is 0.238. The van der Waals surface area contributed by atoms with Crippen molar-refractivity contribution in [2.75, 3.05) is 11.9 Å². The Kier molecular flexibility index (Phi) is 5.80. The average Bonchev–Trinajstić information content (AvgIpc) is 3.39. The van der Waals surface area contributed by atoms with Gasteiger partial charge in [-0.05, 0) is 31.2 Å². The zero-order valence-electron chi connectivity index (χ0n) is 17.2. The van der Waals surface area contributed by atoms with Crippen molar-refractivity contribution >= 4 is 17.4 Å². The Balaban J connectivity index is 1.62. The minimum Gasteiger partial charge on any atom is -0.487 e. The quantitative estimate of drug-likeness (QED) is 0.460.